The summed E-state index contributed by atoms with van der Waals surface area (Å²) in [4.78, 5) is 35.3. The molecule has 1 aromatic rings. The van der Waals surface area contributed by atoms with Gasteiger partial charge in [-0.3, -0.25) is 19.7 Å². The molecule has 5 rings (SSSR count). The van der Waals surface area contributed by atoms with Crippen LogP contribution in [0.4, 0.5) is 5.69 Å². The Kier molecular flexibility index (Phi) is 3.30. The van der Waals surface area contributed by atoms with E-state index in [2.05, 4.69) is 17.3 Å². The predicted octanol–water partition coefficient (Wildman–Crippen LogP) is 2.13. The Morgan fingerprint density at radius 3 is 2.04 bits per heavy atom. The Balaban J connectivity index is 1.56. The van der Waals surface area contributed by atoms with E-state index in [1.807, 2.05) is 0 Å². The molecule has 2 bridgehead atoms. The first kappa shape index (κ1) is 14.7. The number of amides is 2. The van der Waals surface area contributed by atoms with Crippen LogP contribution in [0.15, 0.2) is 41.5 Å². The number of carbonyl (C=O) groups excluding carboxylic acids is 2. The standard InChI is InChI=1S/C17H15N3O4/c21-16-14-11-3-4-12(6-5-11)15(14)17(22)19(16)18-9-10-1-7-13(8-2-10)20(23)24/h1-4,7-9,11-12,14-15H,5-6H2/t11-,12-,14-,15-/m0/s1. The number of benzene rings is 1. The number of non-ortho nitro benzene ring substituents is 1. The van der Waals surface area contributed by atoms with Crippen LogP contribution in [0.1, 0.15) is 18.4 Å². The molecule has 0 radical (unpaired) electrons. The summed E-state index contributed by atoms with van der Waals surface area (Å²) >= 11 is 0. The molecule has 2 fully saturated rings. The minimum absolute atomic E-state index is 0.0193. The first-order valence-electron chi connectivity index (χ1n) is 7.91. The third kappa shape index (κ3) is 2.16. The van der Waals surface area contributed by atoms with Gasteiger partial charge in [0, 0.05) is 12.1 Å². The largest absolute Gasteiger partial charge is 0.272 e. The summed E-state index contributed by atoms with van der Waals surface area (Å²) in [5.41, 5.74) is 0.575. The van der Waals surface area contributed by atoms with Gasteiger partial charge in [-0.25, -0.2) is 0 Å². The van der Waals surface area contributed by atoms with Crippen LogP contribution in [0, 0.1) is 33.8 Å². The van der Waals surface area contributed by atoms with Gasteiger partial charge >= 0.3 is 0 Å². The van der Waals surface area contributed by atoms with Crippen molar-refractivity contribution in [3.05, 3.63) is 52.1 Å². The Morgan fingerprint density at radius 2 is 1.58 bits per heavy atom. The first-order valence-corrected chi connectivity index (χ1v) is 7.91. The zero-order chi connectivity index (χ0) is 16.8. The number of nitro benzene ring substituents is 1. The molecule has 3 aliphatic carbocycles. The lowest BCUT2D eigenvalue weighted by Gasteiger charge is -2.37. The van der Waals surface area contributed by atoms with Gasteiger partial charge in [-0.1, -0.05) is 12.2 Å². The second-order valence-electron chi connectivity index (χ2n) is 6.42. The van der Waals surface area contributed by atoms with Crippen LogP contribution in [-0.4, -0.2) is 28.0 Å². The number of hydrogen-bond donors (Lipinski definition) is 0. The molecule has 122 valence electrons. The van der Waals surface area contributed by atoms with Crippen molar-refractivity contribution in [2.24, 2.45) is 28.8 Å². The van der Waals surface area contributed by atoms with Crippen molar-refractivity contribution in [2.45, 2.75) is 12.8 Å². The van der Waals surface area contributed by atoms with Gasteiger partial charge < -0.3 is 0 Å². The number of fused-ring (bicyclic) bond motifs is 1. The van der Waals surface area contributed by atoms with Gasteiger partial charge in [0.1, 0.15) is 0 Å². The zero-order valence-corrected chi connectivity index (χ0v) is 12.7. The molecular weight excluding hydrogens is 310 g/mol. The summed E-state index contributed by atoms with van der Waals surface area (Å²) in [6, 6.07) is 5.79. The summed E-state index contributed by atoms with van der Waals surface area (Å²) in [7, 11) is 0. The number of rotatable bonds is 3. The van der Waals surface area contributed by atoms with Crippen molar-refractivity contribution in [2.75, 3.05) is 0 Å². The molecule has 1 saturated heterocycles. The summed E-state index contributed by atoms with van der Waals surface area (Å²) in [5.74, 6) is -0.762. The van der Waals surface area contributed by atoms with Crippen LogP contribution in [0.2, 0.25) is 0 Å². The number of allylic oxidation sites excluding steroid dienone is 2. The molecule has 24 heavy (non-hydrogen) atoms. The molecule has 4 aliphatic rings. The molecule has 2 amide bonds. The maximum absolute atomic E-state index is 12.6. The molecule has 1 saturated carbocycles. The fourth-order valence-corrected chi connectivity index (χ4v) is 3.98. The molecular formula is C17H15N3O4. The summed E-state index contributed by atoms with van der Waals surface area (Å²) in [6.07, 6.45) is 7.41. The van der Waals surface area contributed by atoms with Gasteiger partial charge in [0.15, 0.2) is 0 Å². The van der Waals surface area contributed by atoms with Crippen LogP contribution in [-0.2, 0) is 9.59 Å². The topological polar surface area (TPSA) is 92.9 Å². The predicted molar refractivity (Wildman–Crippen MR) is 84.9 cm³/mol. The third-order valence-electron chi connectivity index (χ3n) is 5.16. The fourth-order valence-electron chi connectivity index (χ4n) is 3.98. The lowest BCUT2D eigenvalue weighted by molar-refractivity contribution is -0.384. The highest BCUT2D eigenvalue weighted by atomic mass is 16.6. The van der Waals surface area contributed by atoms with Crippen LogP contribution in [0.3, 0.4) is 0 Å². The molecule has 0 N–H and O–H groups in total. The minimum atomic E-state index is -0.484. The van der Waals surface area contributed by atoms with E-state index < -0.39 is 4.92 Å². The molecule has 1 heterocycles. The maximum Gasteiger partial charge on any atom is 0.269 e. The smallest absolute Gasteiger partial charge is 0.269 e. The van der Waals surface area contributed by atoms with Gasteiger partial charge in [0.25, 0.3) is 17.5 Å². The fraction of sp³-hybridized carbons (Fsp3) is 0.353. The molecule has 7 heteroatoms. The van der Waals surface area contributed by atoms with Gasteiger partial charge in [-0.15, -0.1) is 0 Å². The highest BCUT2D eigenvalue weighted by Gasteiger charge is 2.56. The van der Waals surface area contributed by atoms with E-state index in [0.717, 1.165) is 17.9 Å². The lowest BCUT2D eigenvalue weighted by Crippen LogP contribution is -2.38. The van der Waals surface area contributed by atoms with Gasteiger partial charge in [-0.05, 0) is 42.4 Å². The molecule has 4 atom stereocenters. The number of hydrogen-bond acceptors (Lipinski definition) is 5. The number of nitro groups is 1. The zero-order valence-electron chi connectivity index (χ0n) is 12.7. The van der Waals surface area contributed by atoms with E-state index in [9.17, 15) is 19.7 Å². The molecule has 0 unspecified atom stereocenters. The van der Waals surface area contributed by atoms with Gasteiger partial charge in [-0.2, -0.15) is 10.1 Å². The third-order valence-corrected chi connectivity index (χ3v) is 5.16. The van der Waals surface area contributed by atoms with Crippen LogP contribution < -0.4 is 0 Å². The SMILES string of the molecule is O=C1[C@@H]2[C@@H](C(=O)N1N=Cc1ccc([N+](=O)[O-])cc1)[C@H]1C=C[C@H]2CC1. The number of imide groups is 1. The van der Waals surface area contributed by atoms with Crippen molar-refractivity contribution in [3.63, 3.8) is 0 Å². The average Bonchev–Trinajstić information content (AvgIpc) is 2.87. The first-order chi connectivity index (χ1) is 11.6. The van der Waals surface area contributed by atoms with Crippen LogP contribution >= 0.6 is 0 Å². The maximum atomic E-state index is 12.6. The quantitative estimate of drug-likeness (QED) is 0.280. The van der Waals surface area contributed by atoms with E-state index in [1.165, 1.54) is 30.5 Å². The molecule has 1 aromatic carbocycles. The average molecular weight is 325 g/mol. The highest BCUT2D eigenvalue weighted by Crippen LogP contribution is 2.49. The Hall–Kier alpha value is -2.83. The number of nitrogens with zero attached hydrogens (tertiary/aromatic N) is 3. The summed E-state index contributed by atoms with van der Waals surface area (Å²) in [5, 5.41) is 15.7. The van der Waals surface area contributed by atoms with Crippen LogP contribution in [0.25, 0.3) is 0 Å². The van der Waals surface area contributed by atoms with E-state index in [1.54, 1.807) is 0 Å². The normalized spacial score (nSPS) is 31.1. The van der Waals surface area contributed by atoms with Crippen molar-refractivity contribution in [1.29, 1.82) is 0 Å². The highest BCUT2D eigenvalue weighted by molar-refractivity contribution is 6.06. The molecule has 1 aliphatic heterocycles. The number of carbonyl (C=O) groups is 2. The van der Waals surface area contributed by atoms with E-state index in [-0.39, 0.29) is 41.2 Å². The number of hydrazone groups is 1. The van der Waals surface area contributed by atoms with Crippen LogP contribution in [0.5, 0.6) is 0 Å². The Labute approximate surface area is 137 Å². The van der Waals surface area contributed by atoms with Crippen molar-refractivity contribution in [3.8, 4) is 0 Å². The van der Waals surface area contributed by atoms with Crippen molar-refractivity contribution >= 4 is 23.7 Å². The second-order valence-corrected chi connectivity index (χ2v) is 6.42. The Bertz CT molecular complexity index is 752. The molecule has 0 spiro atoms. The summed E-state index contributed by atoms with van der Waals surface area (Å²) < 4.78 is 0. The van der Waals surface area contributed by atoms with Gasteiger partial charge in [0.2, 0.25) is 0 Å². The second kappa shape index (κ2) is 5.36. The molecule has 7 nitrogen and oxygen atoms in total. The van der Waals surface area contributed by atoms with E-state index >= 15 is 0 Å². The van der Waals surface area contributed by atoms with Crippen molar-refractivity contribution < 1.29 is 14.5 Å². The lowest BCUT2D eigenvalue weighted by atomic mass is 9.63. The Morgan fingerprint density at radius 1 is 1.04 bits per heavy atom. The van der Waals surface area contributed by atoms with Gasteiger partial charge in [0.05, 0.1) is 23.0 Å². The minimum Gasteiger partial charge on any atom is -0.272 e. The van der Waals surface area contributed by atoms with E-state index in [0.29, 0.717) is 5.56 Å². The van der Waals surface area contributed by atoms with Crippen molar-refractivity contribution in [1.82, 2.24) is 5.01 Å². The summed E-state index contributed by atoms with van der Waals surface area (Å²) in [6.45, 7) is 0. The monoisotopic (exact) mass is 325 g/mol. The van der Waals surface area contributed by atoms with E-state index in [4.69, 9.17) is 0 Å². The molecule has 0 aromatic heterocycles.